The van der Waals surface area contributed by atoms with Gasteiger partial charge in [-0.1, -0.05) is 0 Å². The Morgan fingerprint density at radius 3 is 2.50 bits per heavy atom. The van der Waals surface area contributed by atoms with Gasteiger partial charge in [0.2, 0.25) is 5.91 Å². The summed E-state index contributed by atoms with van der Waals surface area (Å²) in [6, 6.07) is 0. The van der Waals surface area contributed by atoms with E-state index in [4.69, 9.17) is 14.2 Å². The minimum atomic E-state index is -0.935. The van der Waals surface area contributed by atoms with Gasteiger partial charge in [-0.3, -0.25) is 4.79 Å². The van der Waals surface area contributed by atoms with Crippen LogP contribution in [0.5, 0.6) is 0 Å². The van der Waals surface area contributed by atoms with E-state index in [-0.39, 0.29) is 17.9 Å². The molecule has 102 valence electrons. The summed E-state index contributed by atoms with van der Waals surface area (Å²) < 4.78 is 16.0. The van der Waals surface area contributed by atoms with Crippen LogP contribution in [-0.4, -0.2) is 43.0 Å². The Labute approximate surface area is 106 Å². The van der Waals surface area contributed by atoms with Gasteiger partial charge >= 0.3 is 5.97 Å². The van der Waals surface area contributed by atoms with Crippen molar-refractivity contribution in [2.45, 2.75) is 44.6 Å². The molecule has 0 unspecified atom stereocenters. The molecule has 1 saturated carbocycles. The van der Waals surface area contributed by atoms with Gasteiger partial charge in [-0.25, -0.2) is 4.79 Å². The van der Waals surface area contributed by atoms with Gasteiger partial charge < -0.3 is 19.5 Å². The Bertz CT molecular complexity index is 381. The van der Waals surface area contributed by atoms with Crippen molar-refractivity contribution < 1.29 is 23.8 Å². The number of amides is 1. The summed E-state index contributed by atoms with van der Waals surface area (Å²) in [5.74, 6) is -1.39. The predicted molar refractivity (Wildman–Crippen MR) is 61.6 cm³/mol. The van der Waals surface area contributed by atoms with E-state index >= 15 is 0 Å². The van der Waals surface area contributed by atoms with Gasteiger partial charge in [-0.05, 0) is 20.3 Å². The molecule has 1 aliphatic heterocycles. The SMILES string of the molecule is COC(=O)[C@]1(NC(C)=O)C[C@H]1[C@H]1COC(C)(C)O1. The van der Waals surface area contributed by atoms with Crippen LogP contribution in [0.2, 0.25) is 0 Å². The molecule has 2 aliphatic rings. The molecule has 3 atom stereocenters. The maximum Gasteiger partial charge on any atom is 0.331 e. The molecule has 6 heteroatoms. The average molecular weight is 257 g/mol. The number of carbonyl (C=O) groups excluding carboxylic acids is 2. The molecule has 1 heterocycles. The number of carbonyl (C=O) groups is 2. The fourth-order valence-electron chi connectivity index (χ4n) is 2.58. The van der Waals surface area contributed by atoms with Crippen LogP contribution in [0, 0.1) is 5.92 Å². The van der Waals surface area contributed by atoms with E-state index in [0.717, 1.165) is 0 Å². The second-order valence-corrected chi connectivity index (χ2v) is 5.32. The van der Waals surface area contributed by atoms with E-state index in [1.165, 1.54) is 14.0 Å². The number of nitrogens with one attached hydrogen (secondary N) is 1. The fraction of sp³-hybridized carbons (Fsp3) is 0.833. The molecule has 0 aromatic rings. The van der Waals surface area contributed by atoms with Crippen LogP contribution in [0.25, 0.3) is 0 Å². The van der Waals surface area contributed by atoms with Gasteiger partial charge in [0.25, 0.3) is 0 Å². The molecule has 0 aromatic carbocycles. The smallest absolute Gasteiger partial charge is 0.331 e. The van der Waals surface area contributed by atoms with Crippen molar-refractivity contribution in [1.29, 1.82) is 0 Å². The van der Waals surface area contributed by atoms with Gasteiger partial charge in [-0.2, -0.15) is 0 Å². The van der Waals surface area contributed by atoms with Crippen molar-refractivity contribution in [2.75, 3.05) is 13.7 Å². The van der Waals surface area contributed by atoms with E-state index in [9.17, 15) is 9.59 Å². The van der Waals surface area contributed by atoms with Gasteiger partial charge in [0, 0.05) is 12.8 Å². The van der Waals surface area contributed by atoms with E-state index in [2.05, 4.69) is 5.32 Å². The van der Waals surface area contributed by atoms with Crippen LogP contribution >= 0.6 is 0 Å². The third-order valence-corrected chi connectivity index (χ3v) is 3.44. The highest BCUT2D eigenvalue weighted by Gasteiger charge is 2.66. The van der Waals surface area contributed by atoms with E-state index < -0.39 is 17.3 Å². The molecule has 1 aliphatic carbocycles. The normalized spacial score (nSPS) is 37.1. The second-order valence-electron chi connectivity index (χ2n) is 5.32. The predicted octanol–water partition coefficient (Wildman–Crippen LogP) is 0.206. The van der Waals surface area contributed by atoms with Gasteiger partial charge in [0.1, 0.15) is 5.54 Å². The number of esters is 1. The van der Waals surface area contributed by atoms with Crippen LogP contribution in [0.1, 0.15) is 27.2 Å². The summed E-state index contributed by atoms with van der Waals surface area (Å²) in [5.41, 5.74) is -0.935. The van der Waals surface area contributed by atoms with E-state index in [1.807, 2.05) is 13.8 Å². The summed E-state index contributed by atoms with van der Waals surface area (Å²) in [7, 11) is 1.32. The molecule has 2 fully saturated rings. The molecular weight excluding hydrogens is 238 g/mol. The van der Waals surface area contributed by atoms with Crippen molar-refractivity contribution in [3.63, 3.8) is 0 Å². The third kappa shape index (κ3) is 2.22. The first-order valence-electron chi connectivity index (χ1n) is 6.00. The van der Waals surface area contributed by atoms with Gasteiger partial charge in [-0.15, -0.1) is 0 Å². The summed E-state index contributed by atoms with van der Waals surface area (Å²) >= 11 is 0. The summed E-state index contributed by atoms with van der Waals surface area (Å²) in [6.07, 6.45) is 0.342. The molecule has 0 aromatic heterocycles. The maximum atomic E-state index is 11.8. The number of ether oxygens (including phenoxy) is 3. The fourth-order valence-corrected chi connectivity index (χ4v) is 2.58. The van der Waals surface area contributed by atoms with Crippen LogP contribution in [0.4, 0.5) is 0 Å². The number of hydrogen-bond acceptors (Lipinski definition) is 5. The molecule has 1 amide bonds. The van der Waals surface area contributed by atoms with Crippen LogP contribution in [0.15, 0.2) is 0 Å². The zero-order valence-electron chi connectivity index (χ0n) is 11.1. The number of methoxy groups -OCH3 is 1. The van der Waals surface area contributed by atoms with Crippen LogP contribution < -0.4 is 5.32 Å². The standard InChI is InChI=1S/C12H19NO5/c1-7(14)13-12(10(15)16-4)5-8(12)9-6-17-11(2,3)18-9/h8-9H,5-6H2,1-4H3,(H,13,14)/t8-,9+,12-/m0/s1. The van der Waals surface area contributed by atoms with Crippen molar-refractivity contribution in [3.05, 3.63) is 0 Å². The first-order valence-corrected chi connectivity index (χ1v) is 6.00. The topological polar surface area (TPSA) is 73.9 Å². The highest BCUT2D eigenvalue weighted by Crippen LogP contribution is 2.50. The van der Waals surface area contributed by atoms with Crippen molar-refractivity contribution in [1.82, 2.24) is 5.32 Å². The molecule has 6 nitrogen and oxygen atoms in total. The third-order valence-electron chi connectivity index (χ3n) is 3.44. The Morgan fingerprint density at radius 2 is 2.06 bits per heavy atom. The van der Waals surface area contributed by atoms with Gasteiger partial charge in [0.15, 0.2) is 5.79 Å². The largest absolute Gasteiger partial charge is 0.467 e. The van der Waals surface area contributed by atoms with E-state index in [0.29, 0.717) is 13.0 Å². The zero-order valence-corrected chi connectivity index (χ0v) is 11.1. The minimum absolute atomic E-state index is 0.0874. The van der Waals surface area contributed by atoms with Crippen LogP contribution in [0.3, 0.4) is 0 Å². The Morgan fingerprint density at radius 1 is 1.39 bits per heavy atom. The lowest BCUT2D eigenvalue weighted by Gasteiger charge is -2.20. The molecular formula is C12H19NO5. The lowest BCUT2D eigenvalue weighted by molar-refractivity contribution is -0.151. The molecule has 1 saturated heterocycles. The van der Waals surface area contributed by atoms with E-state index in [1.54, 1.807) is 0 Å². The Hall–Kier alpha value is -1.14. The first-order chi connectivity index (χ1) is 8.31. The van der Waals surface area contributed by atoms with Crippen molar-refractivity contribution in [2.24, 2.45) is 5.92 Å². The van der Waals surface area contributed by atoms with Crippen LogP contribution in [-0.2, 0) is 23.8 Å². The molecule has 1 N–H and O–H groups in total. The highest BCUT2D eigenvalue weighted by molar-refractivity contribution is 5.90. The van der Waals surface area contributed by atoms with Crippen molar-refractivity contribution >= 4 is 11.9 Å². The zero-order chi connectivity index (χ0) is 13.6. The summed E-state index contributed by atoms with van der Waals surface area (Å²) in [6.45, 7) is 5.47. The quantitative estimate of drug-likeness (QED) is 0.731. The monoisotopic (exact) mass is 257 g/mol. The molecule has 0 spiro atoms. The summed E-state index contributed by atoms with van der Waals surface area (Å²) in [4.78, 5) is 23.0. The second kappa shape index (κ2) is 4.20. The Kier molecular flexibility index (Phi) is 3.11. The summed E-state index contributed by atoms with van der Waals surface area (Å²) in [5, 5.41) is 2.69. The Balaban J connectivity index is 2.08. The number of hydrogen-bond donors (Lipinski definition) is 1. The molecule has 18 heavy (non-hydrogen) atoms. The lowest BCUT2D eigenvalue weighted by atomic mass is 10.1. The molecule has 2 rings (SSSR count). The molecule has 0 bridgehead atoms. The van der Waals surface area contributed by atoms with Crippen molar-refractivity contribution in [3.8, 4) is 0 Å². The lowest BCUT2D eigenvalue weighted by Crippen LogP contribution is -2.46. The average Bonchev–Trinajstić information content (AvgIpc) is 2.86. The first kappa shape index (κ1) is 13.3. The highest BCUT2D eigenvalue weighted by atomic mass is 16.7. The number of rotatable bonds is 3. The molecule has 0 radical (unpaired) electrons. The maximum absolute atomic E-state index is 11.8. The van der Waals surface area contributed by atoms with Gasteiger partial charge in [0.05, 0.1) is 19.8 Å². The minimum Gasteiger partial charge on any atom is -0.467 e.